The van der Waals surface area contributed by atoms with Gasteiger partial charge in [-0.05, 0) is 44.0 Å². The summed E-state index contributed by atoms with van der Waals surface area (Å²) < 4.78 is 5.37. The molecule has 1 fully saturated rings. The summed E-state index contributed by atoms with van der Waals surface area (Å²) >= 11 is 0. The van der Waals surface area contributed by atoms with Gasteiger partial charge in [0, 0.05) is 17.8 Å². The highest BCUT2D eigenvalue weighted by Crippen LogP contribution is 2.23. The van der Waals surface area contributed by atoms with E-state index in [0.717, 1.165) is 18.6 Å². The quantitative estimate of drug-likeness (QED) is 0.857. The van der Waals surface area contributed by atoms with Crippen molar-refractivity contribution >= 4 is 17.4 Å². The van der Waals surface area contributed by atoms with E-state index in [2.05, 4.69) is 20.6 Å². The van der Waals surface area contributed by atoms with E-state index < -0.39 is 0 Å². The van der Waals surface area contributed by atoms with E-state index in [4.69, 9.17) is 4.74 Å². The molecule has 0 saturated heterocycles. The van der Waals surface area contributed by atoms with Crippen LogP contribution in [-0.4, -0.2) is 28.5 Å². The molecule has 1 amide bonds. The van der Waals surface area contributed by atoms with Crippen molar-refractivity contribution in [2.75, 3.05) is 17.2 Å². The molecule has 1 heterocycles. The fraction of sp³-hybridized carbons (Fsp3) is 0.312. The van der Waals surface area contributed by atoms with E-state index in [0.29, 0.717) is 29.8 Å². The molecule has 0 spiro atoms. The Morgan fingerprint density at radius 1 is 1.27 bits per heavy atom. The maximum atomic E-state index is 12.2. The van der Waals surface area contributed by atoms with Gasteiger partial charge in [-0.3, -0.25) is 4.79 Å². The van der Waals surface area contributed by atoms with Crippen LogP contribution in [0.15, 0.2) is 36.7 Å². The topological polar surface area (TPSA) is 76.1 Å². The lowest BCUT2D eigenvalue weighted by Gasteiger charge is -2.08. The number of nitrogens with zero attached hydrogens (tertiary/aromatic N) is 2. The molecule has 1 aromatic heterocycles. The Kier molecular flexibility index (Phi) is 4.18. The van der Waals surface area contributed by atoms with Crippen molar-refractivity contribution in [3.05, 3.63) is 42.4 Å². The van der Waals surface area contributed by atoms with Crippen molar-refractivity contribution < 1.29 is 9.53 Å². The summed E-state index contributed by atoms with van der Waals surface area (Å²) in [4.78, 5) is 20.4. The number of carbonyl (C=O) groups is 1. The molecule has 1 saturated carbocycles. The zero-order valence-corrected chi connectivity index (χ0v) is 12.4. The van der Waals surface area contributed by atoms with Crippen molar-refractivity contribution in [1.29, 1.82) is 0 Å². The van der Waals surface area contributed by atoms with Gasteiger partial charge in [-0.2, -0.15) is 0 Å². The minimum Gasteiger partial charge on any atom is -0.494 e. The van der Waals surface area contributed by atoms with Crippen LogP contribution in [-0.2, 0) is 0 Å². The van der Waals surface area contributed by atoms with Gasteiger partial charge in [-0.1, -0.05) is 0 Å². The summed E-state index contributed by atoms with van der Waals surface area (Å²) in [7, 11) is 0. The van der Waals surface area contributed by atoms with Crippen molar-refractivity contribution in [3.8, 4) is 5.75 Å². The van der Waals surface area contributed by atoms with Crippen LogP contribution < -0.4 is 15.4 Å². The summed E-state index contributed by atoms with van der Waals surface area (Å²) in [6.45, 7) is 2.54. The van der Waals surface area contributed by atoms with Crippen molar-refractivity contribution in [1.82, 2.24) is 9.97 Å². The standard InChI is InChI=1S/C16H18N4O2/c1-2-22-13-7-5-12(6-8-13)20-16(21)14-9-15(18-10-17-14)19-11-3-4-11/h5-11H,2-4H2,1H3,(H,20,21)(H,17,18,19). The number of hydrogen-bond donors (Lipinski definition) is 2. The van der Waals surface area contributed by atoms with Gasteiger partial charge < -0.3 is 15.4 Å². The van der Waals surface area contributed by atoms with Crippen LogP contribution >= 0.6 is 0 Å². The Balaban J connectivity index is 1.65. The zero-order chi connectivity index (χ0) is 15.4. The van der Waals surface area contributed by atoms with Gasteiger partial charge in [0.25, 0.3) is 5.91 Å². The number of ether oxygens (including phenoxy) is 1. The highest BCUT2D eigenvalue weighted by atomic mass is 16.5. The van der Waals surface area contributed by atoms with E-state index in [9.17, 15) is 4.79 Å². The molecule has 6 nitrogen and oxygen atoms in total. The monoisotopic (exact) mass is 298 g/mol. The summed E-state index contributed by atoms with van der Waals surface area (Å²) in [5.74, 6) is 1.21. The molecule has 22 heavy (non-hydrogen) atoms. The van der Waals surface area contributed by atoms with Gasteiger partial charge in [0.1, 0.15) is 23.6 Å². The zero-order valence-electron chi connectivity index (χ0n) is 12.4. The molecule has 0 unspecified atom stereocenters. The molecule has 3 rings (SSSR count). The van der Waals surface area contributed by atoms with E-state index in [1.165, 1.54) is 6.33 Å². The second-order valence-electron chi connectivity index (χ2n) is 5.12. The average Bonchev–Trinajstić information content (AvgIpc) is 3.34. The first kappa shape index (κ1) is 14.3. The Morgan fingerprint density at radius 2 is 2.05 bits per heavy atom. The Bertz CT molecular complexity index is 653. The third kappa shape index (κ3) is 3.72. The lowest BCUT2D eigenvalue weighted by atomic mass is 10.3. The molecule has 0 radical (unpaired) electrons. The van der Waals surface area contributed by atoms with E-state index in [1.54, 1.807) is 18.2 Å². The summed E-state index contributed by atoms with van der Waals surface area (Å²) in [5, 5.41) is 6.06. The first-order chi connectivity index (χ1) is 10.7. The molecule has 1 aliphatic carbocycles. The predicted molar refractivity (Wildman–Crippen MR) is 84.2 cm³/mol. The molecule has 2 N–H and O–H groups in total. The third-order valence-electron chi connectivity index (χ3n) is 3.25. The highest BCUT2D eigenvalue weighted by molar-refractivity contribution is 6.03. The predicted octanol–water partition coefficient (Wildman–Crippen LogP) is 2.70. The fourth-order valence-electron chi connectivity index (χ4n) is 1.99. The van der Waals surface area contributed by atoms with Gasteiger partial charge in [0.05, 0.1) is 6.61 Å². The molecule has 0 bridgehead atoms. The van der Waals surface area contributed by atoms with Crippen molar-refractivity contribution in [2.24, 2.45) is 0 Å². The Morgan fingerprint density at radius 3 is 2.73 bits per heavy atom. The van der Waals surface area contributed by atoms with Gasteiger partial charge in [-0.15, -0.1) is 0 Å². The number of carbonyl (C=O) groups excluding carboxylic acids is 1. The van der Waals surface area contributed by atoms with Crippen molar-refractivity contribution in [2.45, 2.75) is 25.8 Å². The number of anilines is 2. The van der Waals surface area contributed by atoms with Gasteiger partial charge in [0.2, 0.25) is 0 Å². The summed E-state index contributed by atoms with van der Waals surface area (Å²) in [6.07, 6.45) is 3.70. The number of rotatable bonds is 6. The number of amides is 1. The SMILES string of the molecule is CCOc1ccc(NC(=O)c2cc(NC3CC3)ncn2)cc1. The second kappa shape index (κ2) is 6.43. The van der Waals surface area contributed by atoms with Crippen molar-refractivity contribution in [3.63, 3.8) is 0 Å². The maximum absolute atomic E-state index is 12.2. The number of aromatic nitrogens is 2. The van der Waals surface area contributed by atoms with Crippen LogP contribution in [0.25, 0.3) is 0 Å². The lowest BCUT2D eigenvalue weighted by Crippen LogP contribution is -2.15. The Labute approximate surface area is 128 Å². The van der Waals surface area contributed by atoms with Crippen LogP contribution in [0.2, 0.25) is 0 Å². The Hall–Kier alpha value is -2.63. The van der Waals surface area contributed by atoms with Gasteiger partial charge >= 0.3 is 0 Å². The number of nitrogens with one attached hydrogen (secondary N) is 2. The second-order valence-corrected chi connectivity index (χ2v) is 5.12. The van der Waals surface area contributed by atoms with Gasteiger partial charge in [-0.25, -0.2) is 9.97 Å². The molecular formula is C16H18N4O2. The molecule has 0 aliphatic heterocycles. The molecule has 1 aromatic carbocycles. The average molecular weight is 298 g/mol. The van der Waals surface area contributed by atoms with E-state index in [1.807, 2.05) is 19.1 Å². The first-order valence-corrected chi connectivity index (χ1v) is 7.37. The lowest BCUT2D eigenvalue weighted by molar-refractivity contribution is 0.102. The van der Waals surface area contributed by atoms with Crippen LogP contribution in [0.4, 0.5) is 11.5 Å². The first-order valence-electron chi connectivity index (χ1n) is 7.37. The minimum atomic E-state index is -0.259. The minimum absolute atomic E-state index is 0.259. The molecule has 114 valence electrons. The van der Waals surface area contributed by atoms with Crippen LogP contribution in [0.3, 0.4) is 0 Å². The summed E-state index contributed by atoms with van der Waals surface area (Å²) in [5.41, 5.74) is 1.04. The van der Waals surface area contributed by atoms with Crippen LogP contribution in [0.1, 0.15) is 30.3 Å². The molecular weight excluding hydrogens is 280 g/mol. The number of hydrogen-bond acceptors (Lipinski definition) is 5. The fourth-order valence-corrected chi connectivity index (χ4v) is 1.99. The smallest absolute Gasteiger partial charge is 0.274 e. The molecule has 6 heteroatoms. The normalized spacial score (nSPS) is 13.5. The van der Waals surface area contributed by atoms with Crippen LogP contribution in [0, 0.1) is 0 Å². The summed E-state index contributed by atoms with van der Waals surface area (Å²) in [6, 6.07) is 9.39. The third-order valence-corrected chi connectivity index (χ3v) is 3.25. The van der Waals surface area contributed by atoms with Gasteiger partial charge in [0.15, 0.2) is 0 Å². The molecule has 1 aliphatic rings. The van der Waals surface area contributed by atoms with E-state index >= 15 is 0 Å². The van der Waals surface area contributed by atoms with E-state index in [-0.39, 0.29) is 5.91 Å². The highest BCUT2D eigenvalue weighted by Gasteiger charge is 2.21. The maximum Gasteiger partial charge on any atom is 0.274 e. The molecule has 0 atom stereocenters. The molecule has 2 aromatic rings. The largest absolute Gasteiger partial charge is 0.494 e. The van der Waals surface area contributed by atoms with Crippen LogP contribution in [0.5, 0.6) is 5.75 Å². The number of benzene rings is 1.